The summed E-state index contributed by atoms with van der Waals surface area (Å²) in [5.41, 5.74) is 1.90. The lowest BCUT2D eigenvalue weighted by atomic mass is 9.95. The molecule has 4 rings (SSSR count). The highest BCUT2D eigenvalue weighted by molar-refractivity contribution is 6.51. The van der Waals surface area contributed by atoms with Crippen molar-refractivity contribution in [3.63, 3.8) is 0 Å². The fraction of sp³-hybridized carbons (Fsp3) is 0.214. The van der Waals surface area contributed by atoms with Crippen LogP contribution in [-0.4, -0.2) is 28.4 Å². The molecule has 1 saturated heterocycles. The zero-order chi connectivity index (χ0) is 24.8. The maximum Gasteiger partial charge on any atom is 0.300 e. The molecule has 7 heteroatoms. The number of unbranched alkanes of at least 4 members (excludes halogenated alkanes) is 2. The predicted octanol–water partition coefficient (Wildman–Crippen LogP) is 5.15. The van der Waals surface area contributed by atoms with E-state index in [9.17, 15) is 14.7 Å². The van der Waals surface area contributed by atoms with Crippen LogP contribution in [-0.2, 0) is 9.59 Å². The molecule has 1 aliphatic rings. The Morgan fingerprint density at radius 2 is 1.71 bits per heavy atom. The van der Waals surface area contributed by atoms with Crippen LogP contribution in [0.4, 0.5) is 5.69 Å². The maximum absolute atomic E-state index is 13.2. The minimum atomic E-state index is -0.851. The van der Waals surface area contributed by atoms with Crippen molar-refractivity contribution < 1.29 is 19.4 Å². The van der Waals surface area contributed by atoms with Gasteiger partial charge in [0.25, 0.3) is 11.7 Å². The number of nitriles is 1. The molecule has 0 radical (unpaired) electrons. The first-order chi connectivity index (χ1) is 17.0. The van der Waals surface area contributed by atoms with Gasteiger partial charge in [-0.15, -0.1) is 0 Å². The molecule has 3 aromatic rings. The molecule has 1 aliphatic heterocycles. The number of pyridine rings is 1. The second-order valence-electron chi connectivity index (χ2n) is 8.19. The Bertz CT molecular complexity index is 1280. The zero-order valence-electron chi connectivity index (χ0n) is 19.3. The van der Waals surface area contributed by atoms with Crippen LogP contribution < -0.4 is 9.64 Å². The van der Waals surface area contributed by atoms with Gasteiger partial charge < -0.3 is 9.84 Å². The molecule has 0 bridgehead atoms. The molecule has 1 N–H and O–H groups in total. The molecular formula is C28H25N3O4. The number of amides is 1. The van der Waals surface area contributed by atoms with Crippen LogP contribution in [0, 0.1) is 11.3 Å². The molecule has 1 amide bonds. The second kappa shape index (κ2) is 10.7. The number of ether oxygens (including phenoxy) is 1. The molecule has 0 saturated carbocycles. The topological polar surface area (TPSA) is 104 Å². The Labute approximate surface area is 203 Å². The third-order valence-corrected chi connectivity index (χ3v) is 5.89. The molecule has 35 heavy (non-hydrogen) atoms. The number of anilines is 1. The van der Waals surface area contributed by atoms with Crippen molar-refractivity contribution in [2.45, 2.75) is 32.2 Å². The highest BCUT2D eigenvalue weighted by Crippen LogP contribution is 2.42. The van der Waals surface area contributed by atoms with E-state index in [2.05, 4.69) is 11.9 Å². The number of hydrogen-bond acceptors (Lipinski definition) is 6. The summed E-state index contributed by atoms with van der Waals surface area (Å²) in [5, 5.41) is 20.3. The van der Waals surface area contributed by atoms with Crippen molar-refractivity contribution in [1.82, 2.24) is 4.98 Å². The fourth-order valence-corrected chi connectivity index (χ4v) is 4.06. The van der Waals surface area contributed by atoms with E-state index in [1.807, 2.05) is 6.07 Å². The number of carbonyl (C=O) groups is 2. The van der Waals surface area contributed by atoms with Crippen molar-refractivity contribution in [3.8, 4) is 11.8 Å². The van der Waals surface area contributed by atoms with Gasteiger partial charge in [-0.05, 0) is 72.6 Å². The number of hydrogen-bond donors (Lipinski definition) is 1. The van der Waals surface area contributed by atoms with Crippen LogP contribution in [0.1, 0.15) is 48.9 Å². The van der Waals surface area contributed by atoms with Gasteiger partial charge in [0, 0.05) is 23.6 Å². The first-order valence-corrected chi connectivity index (χ1v) is 11.5. The standard InChI is InChI=1S/C28H25N3O4/c1-2-3-4-17-35-23-11-7-21(8-12-23)26(32)24-25(20-13-15-30-16-14-20)31(28(34)27(24)33)22-9-5-19(18-29)6-10-22/h5-16,25,32H,2-4,17H2,1H3/b26-24-. The molecular weight excluding hydrogens is 442 g/mol. The van der Waals surface area contributed by atoms with Crippen molar-refractivity contribution in [1.29, 1.82) is 5.26 Å². The molecule has 0 spiro atoms. The number of nitrogens with zero attached hydrogens (tertiary/aromatic N) is 3. The lowest BCUT2D eigenvalue weighted by molar-refractivity contribution is -0.132. The second-order valence-corrected chi connectivity index (χ2v) is 8.19. The Morgan fingerprint density at radius 3 is 2.34 bits per heavy atom. The predicted molar refractivity (Wildman–Crippen MR) is 132 cm³/mol. The Hall–Kier alpha value is -4.44. The lowest BCUT2D eigenvalue weighted by Gasteiger charge is -2.25. The minimum Gasteiger partial charge on any atom is -0.507 e. The summed E-state index contributed by atoms with van der Waals surface area (Å²) in [6.45, 7) is 2.73. The first-order valence-electron chi connectivity index (χ1n) is 11.5. The number of aliphatic hydroxyl groups excluding tert-OH is 1. The van der Waals surface area contributed by atoms with E-state index >= 15 is 0 Å². The Morgan fingerprint density at radius 1 is 1.03 bits per heavy atom. The summed E-state index contributed by atoms with van der Waals surface area (Å²) in [6.07, 6.45) is 6.29. The molecule has 2 heterocycles. The van der Waals surface area contributed by atoms with Gasteiger partial charge >= 0.3 is 0 Å². The minimum absolute atomic E-state index is 0.0119. The van der Waals surface area contributed by atoms with Crippen molar-refractivity contribution >= 4 is 23.1 Å². The van der Waals surface area contributed by atoms with E-state index in [-0.39, 0.29) is 11.3 Å². The van der Waals surface area contributed by atoms with Crippen molar-refractivity contribution in [3.05, 3.63) is 95.3 Å². The molecule has 176 valence electrons. The van der Waals surface area contributed by atoms with E-state index < -0.39 is 17.7 Å². The summed E-state index contributed by atoms with van der Waals surface area (Å²) >= 11 is 0. The number of aliphatic hydroxyl groups is 1. The number of benzene rings is 2. The van der Waals surface area contributed by atoms with Gasteiger partial charge in [0.2, 0.25) is 0 Å². The van der Waals surface area contributed by atoms with Gasteiger partial charge in [-0.25, -0.2) is 0 Å². The van der Waals surface area contributed by atoms with Crippen molar-refractivity contribution in [2.24, 2.45) is 0 Å². The SMILES string of the molecule is CCCCCOc1ccc(/C(O)=C2/C(=O)C(=O)N(c3ccc(C#N)cc3)C2c2ccncc2)cc1. The Balaban J connectivity index is 1.73. The molecule has 7 nitrogen and oxygen atoms in total. The number of rotatable bonds is 8. The van der Waals surface area contributed by atoms with Crippen LogP contribution in [0.25, 0.3) is 5.76 Å². The molecule has 1 unspecified atom stereocenters. The summed E-state index contributed by atoms with van der Waals surface area (Å²) in [5.74, 6) is -1.14. The molecule has 0 aliphatic carbocycles. The largest absolute Gasteiger partial charge is 0.507 e. The summed E-state index contributed by atoms with van der Waals surface area (Å²) in [4.78, 5) is 31.7. The van der Waals surface area contributed by atoms with Gasteiger partial charge in [-0.3, -0.25) is 19.5 Å². The lowest BCUT2D eigenvalue weighted by Crippen LogP contribution is -2.29. The third kappa shape index (κ3) is 4.92. The normalized spacial score (nSPS) is 16.8. The number of carbonyl (C=O) groups excluding carboxylic acids is 2. The average molecular weight is 468 g/mol. The van der Waals surface area contributed by atoms with E-state index in [1.165, 1.54) is 4.90 Å². The van der Waals surface area contributed by atoms with Crippen LogP contribution in [0.2, 0.25) is 0 Å². The zero-order valence-corrected chi connectivity index (χ0v) is 19.3. The Kier molecular flexibility index (Phi) is 7.22. The fourth-order valence-electron chi connectivity index (χ4n) is 4.06. The molecule has 2 aromatic carbocycles. The smallest absolute Gasteiger partial charge is 0.300 e. The summed E-state index contributed by atoms with van der Waals surface area (Å²) in [6, 6.07) is 17.8. The highest BCUT2D eigenvalue weighted by Gasteiger charge is 2.46. The van der Waals surface area contributed by atoms with Gasteiger partial charge in [0.05, 0.1) is 29.9 Å². The number of aromatic nitrogens is 1. The quantitative estimate of drug-likeness (QED) is 0.213. The van der Waals surface area contributed by atoms with E-state index in [0.29, 0.717) is 34.7 Å². The average Bonchev–Trinajstić information content (AvgIpc) is 3.17. The first kappa shape index (κ1) is 23.7. The van der Waals surface area contributed by atoms with Crippen LogP contribution >= 0.6 is 0 Å². The third-order valence-electron chi connectivity index (χ3n) is 5.89. The van der Waals surface area contributed by atoms with Gasteiger partial charge in [0.1, 0.15) is 11.5 Å². The number of ketones is 1. The van der Waals surface area contributed by atoms with E-state index in [0.717, 1.165) is 19.3 Å². The van der Waals surface area contributed by atoms with Crippen LogP contribution in [0.5, 0.6) is 5.75 Å². The van der Waals surface area contributed by atoms with E-state index in [1.54, 1.807) is 73.1 Å². The molecule has 1 fully saturated rings. The van der Waals surface area contributed by atoms with Crippen molar-refractivity contribution in [2.75, 3.05) is 11.5 Å². The molecule has 1 aromatic heterocycles. The monoisotopic (exact) mass is 467 g/mol. The van der Waals surface area contributed by atoms with Crippen LogP contribution in [0.15, 0.2) is 78.6 Å². The van der Waals surface area contributed by atoms with Crippen LogP contribution in [0.3, 0.4) is 0 Å². The van der Waals surface area contributed by atoms with Gasteiger partial charge in [0.15, 0.2) is 0 Å². The number of Topliss-reactive ketones (excluding diaryl/α,β-unsaturated/α-hetero) is 1. The summed E-state index contributed by atoms with van der Waals surface area (Å²) < 4.78 is 5.73. The maximum atomic E-state index is 13.2. The molecule has 1 atom stereocenters. The van der Waals surface area contributed by atoms with Gasteiger partial charge in [-0.1, -0.05) is 19.8 Å². The van der Waals surface area contributed by atoms with Gasteiger partial charge in [-0.2, -0.15) is 5.26 Å². The van der Waals surface area contributed by atoms with E-state index in [4.69, 9.17) is 10.00 Å². The summed E-state index contributed by atoms with van der Waals surface area (Å²) in [7, 11) is 0. The highest BCUT2D eigenvalue weighted by atomic mass is 16.5.